The van der Waals surface area contributed by atoms with Crippen molar-refractivity contribution in [3.8, 4) is 0 Å². The number of hydrogen-bond acceptors (Lipinski definition) is 9. The molecule has 0 amide bonds. The zero-order chi connectivity index (χ0) is 14.5. The van der Waals surface area contributed by atoms with Crippen LogP contribution in [-0.4, -0.2) is 60.3 Å². The van der Waals surface area contributed by atoms with Crippen LogP contribution in [0.2, 0.25) is 0 Å². The van der Waals surface area contributed by atoms with Gasteiger partial charge in [-0.3, -0.25) is 4.57 Å². The molecule has 0 spiro atoms. The highest BCUT2D eigenvalue weighted by Crippen LogP contribution is 2.32. The molecule has 0 saturated carbocycles. The van der Waals surface area contributed by atoms with Gasteiger partial charge in [0, 0.05) is 0 Å². The smallest absolute Gasteiger partial charge is 0.224 e. The molecule has 7 N–H and O–H groups in total. The number of imidazole rings is 1. The zero-order valence-corrected chi connectivity index (χ0v) is 10.3. The van der Waals surface area contributed by atoms with Gasteiger partial charge in [0.25, 0.3) is 0 Å². The Bertz CT molecular complexity index is 660. The Morgan fingerprint density at radius 3 is 2.85 bits per heavy atom. The van der Waals surface area contributed by atoms with E-state index in [9.17, 15) is 10.2 Å². The minimum absolute atomic E-state index is 0.0713. The van der Waals surface area contributed by atoms with Crippen molar-refractivity contribution in [2.45, 2.75) is 17.9 Å². The third-order valence-electron chi connectivity index (χ3n) is 3.37. The number of nitrogens with two attached hydrogens (primary N) is 2. The summed E-state index contributed by atoms with van der Waals surface area (Å²) in [6, 6.07) is 0. The van der Waals surface area contributed by atoms with Crippen molar-refractivity contribution in [3.63, 3.8) is 0 Å². The van der Waals surface area contributed by atoms with Crippen LogP contribution >= 0.6 is 0 Å². The summed E-state index contributed by atoms with van der Waals surface area (Å²) < 4.78 is 6.38. The van der Waals surface area contributed by atoms with E-state index >= 15 is 0 Å². The van der Waals surface area contributed by atoms with Crippen molar-refractivity contribution in [1.82, 2.24) is 19.5 Å². The molecule has 2 aromatic rings. The number of aliphatic hydroxyl groups excluding tert-OH is 2. The van der Waals surface area contributed by atoms with Crippen LogP contribution in [0.25, 0.3) is 11.2 Å². The number of rotatable bonds is 2. The quantitative estimate of drug-likeness (QED) is 0.396. The summed E-state index contributed by atoms with van der Waals surface area (Å²) in [5.74, 6) is -0.00516. The molecule has 0 aromatic carbocycles. The Hall–Kier alpha value is -2.01. The van der Waals surface area contributed by atoms with Gasteiger partial charge in [-0.05, 0) is 0 Å². The highest BCUT2D eigenvalue weighted by molar-refractivity contribution is 5.82. The normalized spacial score (nSPS) is 30.1. The van der Waals surface area contributed by atoms with E-state index in [-0.39, 0.29) is 29.5 Å². The second-order valence-electron chi connectivity index (χ2n) is 4.61. The highest BCUT2D eigenvalue weighted by Gasteiger charge is 2.50. The van der Waals surface area contributed by atoms with Gasteiger partial charge in [0.05, 0.1) is 19.5 Å². The van der Waals surface area contributed by atoms with Crippen molar-refractivity contribution in [2.75, 3.05) is 24.7 Å². The number of hydrogen-bond donors (Lipinski definition) is 5. The van der Waals surface area contributed by atoms with Gasteiger partial charge in [-0.1, -0.05) is 0 Å². The van der Waals surface area contributed by atoms with E-state index in [1.807, 2.05) is 0 Å². The molecule has 3 rings (SSSR count). The summed E-state index contributed by atoms with van der Waals surface area (Å²) in [4.78, 5) is 11.7. The topological polar surface area (TPSA) is 166 Å². The molecule has 0 radical (unpaired) electrons. The van der Waals surface area contributed by atoms with Gasteiger partial charge >= 0.3 is 0 Å². The summed E-state index contributed by atoms with van der Waals surface area (Å²) in [6.07, 6.45) is -0.974. The first kappa shape index (κ1) is 13.0. The van der Waals surface area contributed by atoms with Gasteiger partial charge in [-0.25, -0.2) is 4.98 Å². The van der Waals surface area contributed by atoms with Crippen LogP contribution in [0.4, 0.5) is 11.8 Å². The molecule has 0 aliphatic carbocycles. The van der Waals surface area contributed by atoms with Crippen LogP contribution in [0, 0.1) is 0 Å². The van der Waals surface area contributed by atoms with E-state index in [1.165, 1.54) is 10.9 Å². The summed E-state index contributed by atoms with van der Waals surface area (Å²) in [5, 5.41) is 29.8. The van der Waals surface area contributed by atoms with E-state index in [4.69, 9.17) is 21.3 Å². The number of aliphatic hydroxyl groups is 3. The van der Waals surface area contributed by atoms with E-state index < -0.39 is 24.5 Å². The lowest BCUT2D eigenvalue weighted by molar-refractivity contribution is -0.110. The second-order valence-corrected chi connectivity index (χ2v) is 4.61. The largest absolute Gasteiger partial charge is 0.394 e. The molecule has 2 aromatic heterocycles. The summed E-state index contributed by atoms with van der Waals surface area (Å²) >= 11 is 0. The first-order valence-corrected chi connectivity index (χ1v) is 5.87. The minimum atomic E-state index is -1.81. The lowest BCUT2D eigenvalue weighted by Crippen LogP contribution is -2.46. The predicted octanol–water partition coefficient (Wildman–Crippen LogP) is -2.61. The van der Waals surface area contributed by atoms with Gasteiger partial charge in [0.15, 0.2) is 17.2 Å². The van der Waals surface area contributed by atoms with Crippen LogP contribution in [0.15, 0.2) is 6.33 Å². The molecule has 10 heteroatoms. The molecule has 1 aliphatic heterocycles. The van der Waals surface area contributed by atoms with Gasteiger partial charge in [0.2, 0.25) is 5.95 Å². The monoisotopic (exact) mass is 282 g/mol. The maximum absolute atomic E-state index is 10.6. The maximum Gasteiger partial charge on any atom is 0.224 e. The molecule has 1 aliphatic rings. The molecule has 10 nitrogen and oxygen atoms in total. The summed E-state index contributed by atoms with van der Waals surface area (Å²) in [5.41, 5.74) is 9.83. The van der Waals surface area contributed by atoms with E-state index in [2.05, 4.69) is 15.0 Å². The summed E-state index contributed by atoms with van der Waals surface area (Å²) in [6.45, 7) is -0.649. The lowest BCUT2D eigenvalue weighted by atomic mass is 10.1. The maximum atomic E-state index is 10.6. The minimum Gasteiger partial charge on any atom is -0.394 e. The number of ether oxygens (including phenoxy) is 1. The fraction of sp³-hybridized carbons (Fsp3) is 0.500. The van der Waals surface area contributed by atoms with Crippen molar-refractivity contribution < 1.29 is 20.1 Å². The number of fused-ring (bicyclic) bond motifs is 1. The Kier molecular flexibility index (Phi) is 2.76. The molecule has 108 valence electrons. The number of aromatic nitrogens is 4. The number of nitrogens with zero attached hydrogens (tertiary/aromatic N) is 4. The van der Waals surface area contributed by atoms with Crippen LogP contribution in [-0.2, 0) is 10.5 Å². The third-order valence-corrected chi connectivity index (χ3v) is 3.37. The van der Waals surface area contributed by atoms with Gasteiger partial charge < -0.3 is 31.5 Å². The Balaban J connectivity index is 2.15. The van der Waals surface area contributed by atoms with Crippen molar-refractivity contribution >= 4 is 22.9 Å². The van der Waals surface area contributed by atoms with E-state index in [1.54, 1.807) is 0 Å². The van der Waals surface area contributed by atoms with Crippen LogP contribution < -0.4 is 11.5 Å². The highest BCUT2D eigenvalue weighted by atomic mass is 16.5. The molecule has 1 fully saturated rings. The van der Waals surface area contributed by atoms with Crippen molar-refractivity contribution in [3.05, 3.63) is 6.33 Å². The zero-order valence-electron chi connectivity index (χ0n) is 10.3. The lowest BCUT2D eigenvalue weighted by Gasteiger charge is -2.27. The molecule has 3 heterocycles. The van der Waals surface area contributed by atoms with Crippen LogP contribution in [0.5, 0.6) is 0 Å². The fourth-order valence-electron chi connectivity index (χ4n) is 2.29. The second kappa shape index (κ2) is 4.24. The van der Waals surface area contributed by atoms with Crippen LogP contribution in [0.1, 0.15) is 0 Å². The Morgan fingerprint density at radius 2 is 2.20 bits per heavy atom. The van der Waals surface area contributed by atoms with Crippen molar-refractivity contribution in [1.29, 1.82) is 0 Å². The molecular weight excluding hydrogens is 268 g/mol. The Morgan fingerprint density at radius 1 is 1.45 bits per heavy atom. The first-order valence-electron chi connectivity index (χ1n) is 5.87. The van der Waals surface area contributed by atoms with E-state index in [0.717, 1.165) is 0 Å². The third kappa shape index (κ3) is 1.63. The predicted molar refractivity (Wildman–Crippen MR) is 67.2 cm³/mol. The van der Waals surface area contributed by atoms with E-state index in [0.29, 0.717) is 0 Å². The standard InChI is InChI=1S/C10H14N6O4/c11-7-5-8(15-9(12)14-7)16(3-13-5)10(19)2-20-4(1-17)6(10)18/h3-4,6,17-19H,1-2H2,(H4,11,12,14,15)/t4-,6?,10?/m1/s1. The molecule has 2 unspecified atom stereocenters. The van der Waals surface area contributed by atoms with Crippen molar-refractivity contribution in [2.24, 2.45) is 0 Å². The molecular formula is C10H14N6O4. The SMILES string of the molecule is Nc1nc(N)c2ncn(C3(O)CO[C@H](CO)C3O)c2n1. The molecule has 20 heavy (non-hydrogen) atoms. The molecule has 0 bridgehead atoms. The first-order chi connectivity index (χ1) is 9.47. The summed E-state index contributed by atoms with van der Waals surface area (Å²) in [7, 11) is 0. The van der Waals surface area contributed by atoms with Crippen LogP contribution in [0.3, 0.4) is 0 Å². The number of nitrogen functional groups attached to an aromatic ring is 2. The average Bonchev–Trinajstić information content (AvgIpc) is 2.94. The number of anilines is 2. The molecule has 3 atom stereocenters. The average molecular weight is 282 g/mol. The Labute approximate surface area is 112 Å². The fourth-order valence-corrected chi connectivity index (χ4v) is 2.29. The van der Waals surface area contributed by atoms with Gasteiger partial charge in [-0.2, -0.15) is 9.97 Å². The molecule has 1 saturated heterocycles. The van der Waals surface area contributed by atoms with Gasteiger partial charge in [-0.15, -0.1) is 0 Å². The van der Waals surface area contributed by atoms with Gasteiger partial charge in [0.1, 0.15) is 17.7 Å².